The lowest BCUT2D eigenvalue weighted by Gasteiger charge is -2.36. The summed E-state index contributed by atoms with van der Waals surface area (Å²) in [5.41, 5.74) is 2.79. The monoisotopic (exact) mass is 406 g/mol. The van der Waals surface area contributed by atoms with Gasteiger partial charge in [0.15, 0.2) is 0 Å². The lowest BCUT2D eigenvalue weighted by atomic mass is 9.70. The number of para-hydroxylation sites is 1. The van der Waals surface area contributed by atoms with Gasteiger partial charge in [-0.1, -0.05) is 42.5 Å². The maximum Gasteiger partial charge on any atom is 0.256 e. The number of fused-ring (bicyclic) bond motifs is 2. The molecule has 1 N–H and O–H groups in total. The largest absolute Gasteiger partial charge is 0.396 e. The van der Waals surface area contributed by atoms with Crippen molar-refractivity contribution in [3.05, 3.63) is 65.7 Å². The number of anilines is 1. The number of aliphatic hydroxyl groups is 1. The maximum absolute atomic E-state index is 13.8. The van der Waals surface area contributed by atoms with Gasteiger partial charge in [0, 0.05) is 36.3 Å². The maximum atomic E-state index is 13.8. The molecule has 0 spiro atoms. The van der Waals surface area contributed by atoms with Crippen LogP contribution in [0.25, 0.3) is 0 Å². The van der Waals surface area contributed by atoms with E-state index in [4.69, 9.17) is 4.74 Å². The topological polar surface area (TPSA) is 53.0 Å². The molecule has 3 atom stereocenters. The number of morpholine rings is 1. The molecule has 30 heavy (non-hydrogen) atoms. The number of aliphatic hydroxyl groups excluding tert-OH is 1. The van der Waals surface area contributed by atoms with E-state index in [0.717, 1.165) is 50.0 Å². The van der Waals surface area contributed by atoms with Gasteiger partial charge in [-0.15, -0.1) is 0 Å². The fraction of sp³-hybridized carbons (Fsp3) is 0.480. The van der Waals surface area contributed by atoms with E-state index < -0.39 is 0 Å². The Kier molecular flexibility index (Phi) is 5.25. The Hall–Kier alpha value is -2.37. The van der Waals surface area contributed by atoms with Gasteiger partial charge in [0.1, 0.15) is 0 Å². The number of rotatable bonds is 5. The van der Waals surface area contributed by atoms with Crippen LogP contribution in [0.5, 0.6) is 0 Å². The summed E-state index contributed by atoms with van der Waals surface area (Å²) in [5, 5.41) is 10.5. The van der Waals surface area contributed by atoms with E-state index in [1.54, 1.807) is 0 Å². The van der Waals surface area contributed by atoms with Crippen LogP contribution in [-0.2, 0) is 11.2 Å². The van der Waals surface area contributed by atoms with Crippen molar-refractivity contribution < 1.29 is 14.6 Å². The molecule has 2 aromatic rings. The first-order valence-electron chi connectivity index (χ1n) is 11.1. The van der Waals surface area contributed by atoms with Gasteiger partial charge < -0.3 is 19.6 Å². The molecule has 0 unspecified atom stereocenters. The Morgan fingerprint density at radius 1 is 1.03 bits per heavy atom. The molecule has 1 amide bonds. The van der Waals surface area contributed by atoms with E-state index in [-0.39, 0.29) is 30.0 Å². The number of ether oxygens (including phenoxy) is 1. The summed E-state index contributed by atoms with van der Waals surface area (Å²) in [5.74, 6) is 0.118. The predicted molar refractivity (Wildman–Crippen MR) is 117 cm³/mol. The van der Waals surface area contributed by atoms with E-state index in [1.165, 1.54) is 5.56 Å². The number of carbonyl (C=O) groups excluding carboxylic acids is 1. The van der Waals surface area contributed by atoms with Crippen LogP contribution < -0.4 is 4.90 Å². The molecule has 5 rings (SSSR count). The van der Waals surface area contributed by atoms with Crippen molar-refractivity contribution in [2.75, 3.05) is 37.8 Å². The van der Waals surface area contributed by atoms with Crippen LogP contribution in [0.4, 0.5) is 5.69 Å². The molecule has 3 fully saturated rings. The Morgan fingerprint density at radius 3 is 2.53 bits per heavy atom. The lowest BCUT2D eigenvalue weighted by molar-refractivity contribution is 0.0571. The summed E-state index contributed by atoms with van der Waals surface area (Å²) in [6.45, 7) is 3.14. The highest BCUT2D eigenvalue weighted by Crippen LogP contribution is 2.52. The van der Waals surface area contributed by atoms with Crippen LogP contribution in [-0.4, -0.2) is 60.9 Å². The quantitative estimate of drug-likeness (QED) is 0.829. The minimum absolute atomic E-state index is 0.0953. The fourth-order valence-electron chi connectivity index (χ4n) is 5.89. The predicted octanol–water partition coefficient (Wildman–Crippen LogP) is 3.12. The summed E-state index contributed by atoms with van der Waals surface area (Å²) in [6.07, 6.45) is 3.71. The zero-order chi connectivity index (χ0) is 20.6. The molecule has 3 aliphatic rings. The SMILES string of the molecule is O=C(c1ccccc1N1CCOCC1)N1[C@H]2CC[C@@H]1[C@@](CO)(Cc1ccccc1)C2. The molecule has 0 aliphatic carbocycles. The van der Waals surface area contributed by atoms with E-state index in [0.29, 0.717) is 13.2 Å². The number of nitrogens with zero attached hydrogens (tertiary/aromatic N) is 2. The molecule has 158 valence electrons. The van der Waals surface area contributed by atoms with Crippen molar-refractivity contribution in [2.45, 2.75) is 37.8 Å². The smallest absolute Gasteiger partial charge is 0.256 e. The zero-order valence-electron chi connectivity index (χ0n) is 17.4. The number of carbonyl (C=O) groups is 1. The highest BCUT2D eigenvalue weighted by Gasteiger charge is 2.57. The molecular formula is C25H30N2O3. The standard InChI is InChI=1S/C25H30N2O3/c28-18-25(16-19-6-2-1-3-7-19)17-20-10-11-23(25)27(20)24(29)21-8-4-5-9-22(21)26-12-14-30-15-13-26/h1-9,20,23,28H,10-18H2/t20-,23+,25-/m0/s1. The van der Waals surface area contributed by atoms with Gasteiger partial charge in [0.25, 0.3) is 5.91 Å². The molecular weight excluding hydrogens is 376 g/mol. The molecule has 2 bridgehead atoms. The highest BCUT2D eigenvalue weighted by molar-refractivity contribution is 6.00. The third-order valence-corrected chi connectivity index (χ3v) is 7.29. The number of benzene rings is 2. The first-order valence-corrected chi connectivity index (χ1v) is 11.1. The Morgan fingerprint density at radius 2 is 1.77 bits per heavy atom. The van der Waals surface area contributed by atoms with Gasteiger partial charge in [-0.25, -0.2) is 0 Å². The fourth-order valence-corrected chi connectivity index (χ4v) is 5.89. The summed E-state index contributed by atoms with van der Waals surface area (Å²) in [6, 6.07) is 18.7. The minimum Gasteiger partial charge on any atom is -0.396 e. The van der Waals surface area contributed by atoms with E-state index in [1.807, 2.05) is 24.3 Å². The summed E-state index contributed by atoms with van der Waals surface area (Å²) >= 11 is 0. The molecule has 0 saturated carbocycles. The third kappa shape index (κ3) is 3.30. The van der Waals surface area contributed by atoms with Crippen LogP contribution in [0.1, 0.15) is 35.2 Å². The van der Waals surface area contributed by atoms with Crippen LogP contribution in [0.3, 0.4) is 0 Å². The van der Waals surface area contributed by atoms with Crippen molar-refractivity contribution >= 4 is 11.6 Å². The van der Waals surface area contributed by atoms with Crippen molar-refractivity contribution in [3.8, 4) is 0 Å². The Labute approximate surface area is 178 Å². The van der Waals surface area contributed by atoms with Crippen molar-refractivity contribution in [2.24, 2.45) is 5.41 Å². The van der Waals surface area contributed by atoms with Crippen LogP contribution in [0.2, 0.25) is 0 Å². The summed E-state index contributed by atoms with van der Waals surface area (Å²) < 4.78 is 5.50. The number of amides is 1. The first-order chi connectivity index (χ1) is 14.7. The van der Waals surface area contributed by atoms with E-state index in [2.05, 4.69) is 40.1 Å². The normalized spacial score (nSPS) is 28.2. The zero-order valence-corrected chi connectivity index (χ0v) is 17.4. The van der Waals surface area contributed by atoms with Crippen molar-refractivity contribution in [1.82, 2.24) is 4.90 Å². The second-order valence-electron chi connectivity index (χ2n) is 8.96. The van der Waals surface area contributed by atoms with E-state index in [9.17, 15) is 9.90 Å². The average Bonchev–Trinajstić information content (AvgIpc) is 3.36. The Balaban J connectivity index is 1.43. The van der Waals surface area contributed by atoms with E-state index >= 15 is 0 Å². The molecule has 5 heteroatoms. The molecule has 5 nitrogen and oxygen atoms in total. The summed E-state index contributed by atoms with van der Waals surface area (Å²) in [4.78, 5) is 18.2. The van der Waals surface area contributed by atoms with Gasteiger partial charge in [0.2, 0.25) is 0 Å². The molecule has 0 radical (unpaired) electrons. The molecule has 3 aliphatic heterocycles. The lowest BCUT2D eigenvalue weighted by Crippen LogP contribution is -2.44. The van der Waals surface area contributed by atoms with Crippen molar-refractivity contribution in [3.63, 3.8) is 0 Å². The van der Waals surface area contributed by atoms with Crippen LogP contribution >= 0.6 is 0 Å². The number of hydrogen-bond donors (Lipinski definition) is 1. The third-order valence-electron chi connectivity index (χ3n) is 7.29. The number of hydrogen-bond acceptors (Lipinski definition) is 4. The first kappa shape index (κ1) is 19.6. The van der Waals surface area contributed by atoms with Crippen LogP contribution in [0, 0.1) is 5.41 Å². The van der Waals surface area contributed by atoms with Gasteiger partial charge in [-0.3, -0.25) is 4.79 Å². The van der Waals surface area contributed by atoms with Gasteiger partial charge >= 0.3 is 0 Å². The molecule has 3 saturated heterocycles. The minimum atomic E-state index is -0.242. The molecule has 3 heterocycles. The summed E-state index contributed by atoms with van der Waals surface area (Å²) in [7, 11) is 0. The molecule has 2 aromatic carbocycles. The van der Waals surface area contributed by atoms with Crippen molar-refractivity contribution in [1.29, 1.82) is 0 Å². The highest BCUT2D eigenvalue weighted by atomic mass is 16.5. The second-order valence-corrected chi connectivity index (χ2v) is 8.96. The van der Waals surface area contributed by atoms with Gasteiger partial charge in [0.05, 0.1) is 25.4 Å². The molecule has 0 aromatic heterocycles. The van der Waals surface area contributed by atoms with Crippen LogP contribution in [0.15, 0.2) is 54.6 Å². The Bertz CT molecular complexity index is 896. The van der Waals surface area contributed by atoms with Gasteiger partial charge in [-0.2, -0.15) is 0 Å². The van der Waals surface area contributed by atoms with Gasteiger partial charge in [-0.05, 0) is 43.4 Å². The average molecular weight is 407 g/mol. The second kappa shape index (κ2) is 8.05.